The molecule has 3 rings (SSSR count). The summed E-state index contributed by atoms with van der Waals surface area (Å²) in [5.41, 5.74) is 1.15. The van der Waals surface area contributed by atoms with Crippen molar-refractivity contribution in [2.24, 2.45) is 0 Å². The molecule has 0 aliphatic carbocycles. The average molecular weight is 393 g/mol. The van der Waals surface area contributed by atoms with Gasteiger partial charge in [0.15, 0.2) is 0 Å². The molecule has 0 bridgehead atoms. The van der Waals surface area contributed by atoms with Gasteiger partial charge in [-0.1, -0.05) is 18.2 Å². The number of carbonyl (C=O) groups is 1. The van der Waals surface area contributed by atoms with Crippen molar-refractivity contribution in [3.05, 3.63) is 59.2 Å². The quantitative estimate of drug-likeness (QED) is 0.547. The summed E-state index contributed by atoms with van der Waals surface area (Å²) in [6.07, 6.45) is -4.31. The van der Waals surface area contributed by atoms with Crippen LogP contribution in [0.15, 0.2) is 42.5 Å². The molecule has 27 heavy (non-hydrogen) atoms. The molecule has 2 N–H and O–H groups in total. The molecule has 0 aliphatic rings. The van der Waals surface area contributed by atoms with Gasteiger partial charge >= 0.3 is 12.1 Å². The largest absolute Gasteiger partial charge is 0.481 e. The number of thiophene rings is 1. The molecule has 0 spiro atoms. The fourth-order valence-electron chi connectivity index (χ4n) is 2.85. The number of aryl methyl sites for hydroxylation is 1. The monoisotopic (exact) mass is 393 g/mol. The van der Waals surface area contributed by atoms with Gasteiger partial charge in [-0.25, -0.2) is 0 Å². The number of alkyl halides is 3. The van der Waals surface area contributed by atoms with E-state index in [0.29, 0.717) is 18.7 Å². The molecule has 0 radical (unpaired) electrons. The zero-order chi connectivity index (χ0) is 19.6. The lowest BCUT2D eigenvalue weighted by atomic mass is 10.0. The van der Waals surface area contributed by atoms with Gasteiger partial charge < -0.3 is 10.4 Å². The number of aliphatic carboxylic acids is 1. The third kappa shape index (κ3) is 4.67. The van der Waals surface area contributed by atoms with Crippen LogP contribution in [0.3, 0.4) is 0 Å². The molecule has 3 aromatic rings. The van der Waals surface area contributed by atoms with Crippen molar-refractivity contribution in [2.45, 2.75) is 26.1 Å². The lowest BCUT2D eigenvalue weighted by Gasteiger charge is -2.11. The Morgan fingerprint density at radius 1 is 1.15 bits per heavy atom. The van der Waals surface area contributed by atoms with E-state index in [1.165, 1.54) is 30.4 Å². The predicted molar refractivity (Wildman–Crippen MR) is 101 cm³/mol. The van der Waals surface area contributed by atoms with Gasteiger partial charge in [0.05, 0.1) is 12.0 Å². The Kier molecular flexibility index (Phi) is 5.53. The number of carboxylic acids is 1. The molecular weight excluding hydrogens is 375 g/mol. The number of benzene rings is 2. The lowest BCUT2D eigenvalue weighted by Crippen LogP contribution is -2.17. The fourth-order valence-corrected chi connectivity index (χ4v) is 3.89. The van der Waals surface area contributed by atoms with Crippen LogP contribution >= 0.6 is 11.3 Å². The van der Waals surface area contributed by atoms with Gasteiger partial charge in [0.1, 0.15) is 0 Å². The van der Waals surface area contributed by atoms with Crippen LogP contribution in [-0.2, 0) is 17.5 Å². The number of rotatable bonds is 6. The fraction of sp³-hybridized carbons (Fsp3) is 0.250. The highest BCUT2D eigenvalue weighted by Gasteiger charge is 2.32. The first-order valence-electron chi connectivity index (χ1n) is 8.37. The normalized spacial score (nSPS) is 11.9. The molecule has 0 aliphatic heterocycles. The van der Waals surface area contributed by atoms with Crippen molar-refractivity contribution >= 4 is 27.4 Å². The first-order valence-corrected chi connectivity index (χ1v) is 9.19. The number of hydrogen-bond acceptors (Lipinski definition) is 3. The first kappa shape index (κ1) is 19.4. The van der Waals surface area contributed by atoms with Crippen LogP contribution in [0.25, 0.3) is 20.5 Å². The van der Waals surface area contributed by atoms with E-state index in [-0.39, 0.29) is 12.0 Å². The standard InChI is InChI=1S/C20H18F3NO2S/c1-12-2-4-14(9-16(12)20(21,22)23)18-10-15-8-13(3-5-17(15)27-18)11-24-7-6-19(25)26/h2-5,8-10,24H,6-7,11H2,1H3,(H,25,26). The predicted octanol–water partition coefficient (Wildman–Crippen LogP) is 5.46. The maximum atomic E-state index is 13.2. The molecule has 0 amide bonds. The third-order valence-electron chi connectivity index (χ3n) is 4.25. The van der Waals surface area contributed by atoms with Gasteiger partial charge in [-0.3, -0.25) is 4.79 Å². The Bertz CT molecular complexity index is 979. The van der Waals surface area contributed by atoms with Crippen LogP contribution in [0.1, 0.15) is 23.1 Å². The zero-order valence-corrected chi connectivity index (χ0v) is 15.4. The number of carboxylic acid groups (broad SMARTS) is 1. The minimum atomic E-state index is -4.37. The molecule has 2 aromatic carbocycles. The Morgan fingerprint density at radius 3 is 2.63 bits per heavy atom. The highest BCUT2D eigenvalue weighted by molar-refractivity contribution is 7.22. The van der Waals surface area contributed by atoms with E-state index in [1.54, 1.807) is 6.07 Å². The molecule has 0 saturated carbocycles. The van der Waals surface area contributed by atoms with E-state index in [1.807, 2.05) is 24.3 Å². The summed E-state index contributed by atoms with van der Waals surface area (Å²) >= 11 is 1.45. The summed E-state index contributed by atoms with van der Waals surface area (Å²) in [7, 11) is 0. The summed E-state index contributed by atoms with van der Waals surface area (Å²) in [6, 6.07) is 12.2. The minimum absolute atomic E-state index is 0.0554. The molecule has 142 valence electrons. The molecule has 0 unspecified atom stereocenters. The molecule has 0 fully saturated rings. The summed E-state index contributed by atoms with van der Waals surface area (Å²) in [5.74, 6) is -0.850. The molecule has 0 atom stereocenters. The maximum Gasteiger partial charge on any atom is 0.416 e. The zero-order valence-electron chi connectivity index (χ0n) is 14.6. The Morgan fingerprint density at radius 2 is 1.93 bits per heavy atom. The van der Waals surface area contributed by atoms with Gasteiger partial charge in [0, 0.05) is 22.7 Å². The van der Waals surface area contributed by atoms with Gasteiger partial charge in [-0.2, -0.15) is 13.2 Å². The second kappa shape index (κ2) is 7.70. The number of halogens is 3. The van der Waals surface area contributed by atoms with Crippen molar-refractivity contribution in [3.8, 4) is 10.4 Å². The molecule has 3 nitrogen and oxygen atoms in total. The van der Waals surface area contributed by atoms with Gasteiger partial charge in [0.25, 0.3) is 0 Å². The van der Waals surface area contributed by atoms with Crippen LogP contribution < -0.4 is 5.32 Å². The van der Waals surface area contributed by atoms with E-state index >= 15 is 0 Å². The summed E-state index contributed by atoms with van der Waals surface area (Å²) < 4.78 is 40.5. The molecule has 1 heterocycles. The highest BCUT2D eigenvalue weighted by Crippen LogP contribution is 2.38. The van der Waals surface area contributed by atoms with Crippen LogP contribution in [0.4, 0.5) is 13.2 Å². The molecule has 7 heteroatoms. The SMILES string of the molecule is Cc1ccc(-c2cc3cc(CNCCC(=O)O)ccc3s2)cc1C(F)(F)F. The summed E-state index contributed by atoms with van der Waals surface area (Å²) in [6.45, 7) is 2.38. The highest BCUT2D eigenvalue weighted by atomic mass is 32.1. The number of hydrogen-bond donors (Lipinski definition) is 2. The topological polar surface area (TPSA) is 49.3 Å². The molecular formula is C20H18F3NO2S. The summed E-state index contributed by atoms with van der Waals surface area (Å²) in [5, 5.41) is 12.7. The maximum absolute atomic E-state index is 13.2. The van der Waals surface area contributed by atoms with E-state index in [4.69, 9.17) is 5.11 Å². The van der Waals surface area contributed by atoms with Crippen molar-refractivity contribution in [3.63, 3.8) is 0 Å². The number of nitrogens with one attached hydrogen (secondary N) is 1. The second-order valence-electron chi connectivity index (χ2n) is 6.33. The van der Waals surface area contributed by atoms with Crippen molar-refractivity contribution in [1.82, 2.24) is 5.32 Å². The summed E-state index contributed by atoms with van der Waals surface area (Å²) in [4.78, 5) is 11.3. The van der Waals surface area contributed by atoms with Gasteiger partial charge in [0.2, 0.25) is 0 Å². The second-order valence-corrected chi connectivity index (χ2v) is 7.41. The van der Waals surface area contributed by atoms with Crippen LogP contribution in [-0.4, -0.2) is 17.6 Å². The Labute approximate surface area is 158 Å². The van der Waals surface area contributed by atoms with Crippen LogP contribution in [0, 0.1) is 6.92 Å². The van der Waals surface area contributed by atoms with Crippen molar-refractivity contribution in [2.75, 3.05) is 6.54 Å². The van der Waals surface area contributed by atoms with Crippen LogP contribution in [0.2, 0.25) is 0 Å². The van der Waals surface area contributed by atoms with E-state index < -0.39 is 17.7 Å². The lowest BCUT2D eigenvalue weighted by molar-refractivity contribution is -0.138. The smallest absolute Gasteiger partial charge is 0.416 e. The van der Waals surface area contributed by atoms with Crippen LogP contribution in [0.5, 0.6) is 0 Å². The molecule has 1 aromatic heterocycles. The third-order valence-corrected chi connectivity index (χ3v) is 5.42. The van der Waals surface area contributed by atoms with Gasteiger partial charge in [-0.15, -0.1) is 11.3 Å². The Balaban J connectivity index is 1.84. The van der Waals surface area contributed by atoms with E-state index in [2.05, 4.69) is 5.32 Å². The van der Waals surface area contributed by atoms with E-state index in [9.17, 15) is 18.0 Å². The average Bonchev–Trinajstić information content (AvgIpc) is 3.01. The van der Waals surface area contributed by atoms with Crippen molar-refractivity contribution < 1.29 is 23.1 Å². The van der Waals surface area contributed by atoms with E-state index in [0.717, 1.165) is 20.5 Å². The van der Waals surface area contributed by atoms with Crippen molar-refractivity contribution in [1.29, 1.82) is 0 Å². The first-order chi connectivity index (χ1) is 12.7. The number of fused-ring (bicyclic) bond motifs is 1. The Hall–Kier alpha value is -2.38. The molecule has 0 saturated heterocycles. The van der Waals surface area contributed by atoms with Gasteiger partial charge in [-0.05, 0) is 53.3 Å². The minimum Gasteiger partial charge on any atom is -0.481 e.